The fourth-order valence-electron chi connectivity index (χ4n) is 0.608. The number of halogens is 2. The van der Waals surface area contributed by atoms with Crippen molar-refractivity contribution in [1.82, 2.24) is 4.90 Å². The number of phosphoric acid groups is 1. The van der Waals surface area contributed by atoms with Crippen LogP contribution in [-0.4, -0.2) is 32.1 Å². The summed E-state index contributed by atoms with van der Waals surface area (Å²) in [5.41, 5.74) is 0. The number of hydrogen-bond donors (Lipinski definition) is 0. The van der Waals surface area contributed by atoms with Gasteiger partial charge < -0.3 is 4.90 Å². The molecule has 0 unspecified atom stereocenters. The maximum absolute atomic E-state index is 11.3. The first-order chi connectivity index (χ1) is 6.04. The van der Waals surface area contributed by atoms with Gasteiger partial charge in [0.15, 0.2) is 0 Å². The van der Waals surface area contributed by atoms with E-state index >= 15 is 0 Å². The summed E-state index contributed by atoms with van der Waals surface area (Å²) in [5, 5.41) is 0. The summed E-state index contributed by atoms with van der Waals surface area (Å²) >= 11 is 3.01. The highest BCUT2D eigenvalue weighted by Gasteiger charge is 2.24. The quantitative estimate of drug-likeness (QED) is 0.350. The van der Waals surface area contributed by atoms with E-state index in [9.17, 15) is 4.57 Å². The number of hydrogen-bond acceptors (Lipinski definition) is 5. The minimum atomic E-state index is -3.29. The molecular weight excluding hydrogens is 423 g/mol. The molecule has 13 heavy (non-hydrogen) atoms. The van der Waals surface area contributed by atoms with Crippen molar-refractivity contribution < 1.29 is 14.8 Å². The van der Waals surface area contributed by atoms with E-state index < -0.39 is 7.82 Å². The van der Waals surface area contributed by atoms with E-state index in [4.69, 9.17) is 4.52 Å². The molecular formula is C5H12I2NO4P. The van der Waals surface area contributed by atoms with Gasteiger partial charge in [-0.2, -0.15) is 0 Å². The van der Waals surface area contributed by atoms with Gasteiger partial charge in [0.2, 0.25) is 0 Å². The molecule has 0 aliphatic rings. The van der Waals surface area contributed by atoms with Crippen molar-refractivity contribution in [2.45, 2.75) is 6.42 Å². The minimum absolute atomic E-state index is 0.363. The molecule has 0 aliphatic heterocycles. The second-order valence-corrected chi connectivity index (χ2v) is 6.37. The van der Waals surface area contributed by atoms with Gasteiger partial charge in [0.25, 0.3) is 0 Å². The largest absolute Gasteiger partial charge is 0.493 e. The van der Waals surface area contributed by atoms with Gasteiger partial charge in [-0.1, -0.05) is 0 Å². The van der Waals surface area contributed by atoms with Crippen LogP contribution in [0.2, 0.25) is 0 Å². The molecule has 0 bridgehead atoms. The smallest absolute Gasteiger partial charge is 0.309 e. The van der Waals surface area contributed by atoms with Crippen molar-refractivity contribution in [1.29, 1.82) is 0 Å². The Bertz CT molecular complexity index is 172. The van der Waals surface area contributed by atoms with Gasteiger partial charge in [-0.15, -0.1) is 0 Å². The third-order valence-corrected chi connectivity index (χ3v) is 4.90. The van der Waals surface area contributed by atoms with Gasteiger partial charge in [0.05, 0.1) is 6.61 Å². The van der Waals surface area contributed by atoms with Crippen LogP contribution in [0.5, 0.6) is 0 Å². The summed E-state index contributed by atoms with van der Waals surface area (Å²) in [7, 11) is 0.637. The van der Waals surface area contributed by atoms with Crippen LogP contribution in [0.15, 0.2) is 0 Å². The summed E-state index contributed by atoms with van der Waals surface area (Å²) in [6.45, 7) is 1.24. The van der Waals surface area contributed by atoms with E-state index in [1.807, 2.05) is 19.0 Å². The third kappa shape index (κ3) is 7.46. The molecule has 0 aromatic carbocycles. The van der Waals surface area contributed by atoms with Crippen LogP contribution in [0.4, 0.5) is 0 Å². The average Bonchev–Trinajstić information content (AvgIpc) is 2.12. The van der Waals surface area contributed by atoms with Crippen molar-refractivity contribution in [3.8, 4) is 0 Å². The number of rotatable bonds is 7. The molecule has 0 aromatic rings. The first-order valence-corrected chi connectivity index (χ1v) is 6.76. The van der Waals surface area contributed by atoms with Crippen LogP contribution in [0, 0.1) is 0 Å². The molecule has 5 nitrogen and oxygen atoms in total. The minimum Gasteiger partial charge on any atom is -0.309 e. The van der Waals surface area contributed by atoms with Gasteiger partial charge in [0.1, 0.15) is 46.0 Å². The van der Waals surface area contributed by atoms with E-state index in [2.05, 4.69) is 5.71 Å². The molecule has 0 heterocycles. The topological polar surface area (TPSA) is 48.0 Å². The highest BCUT2D eigenvalue weighted by Crippen LogP contribution is 2.53. The Hall–Kier alpha value is 1.53. The van der Waals surface area contributed by atoms with Crippen LogP contribution in [-0.2, 0) is 14.8 Å². The average molecular weight is 435 g/mol. The zero-order valence-corrected chi connectivity index (χ0v) is 12.6. The second-order valence-electron chi connectivity index (χ2n) is 2.58. The molecule has 80 valence electrons. The maximum Gasteiger partial charge on any atom is 0.493 e. The highest BCUT2D eigenvalue weighted by molar-refractivity contribution is 14.1. The van der Waals surface area contributed by atoms with Gasteiger partial charge in [0, 0.05) is 0 Å². The van der Waals surface area contributed by atoms with E-state index in [0.29, 0.717) is 6.61 Å². The Morgan fingerprint density at radius 2 is 1.85 bits per heavy atom. The lowest BCUT2D eigenvalue weighted by molar-refractivity contribution is 0.226. The van der Waals surface area contributed by atoms with Crippen LogP contribution >= 0.6 is 53.8 Å². The van der Waals surface area contributed by atoms with Crippen LogP contribution in [0.3, 0.4) is 0 Å². The molecule has 0 rings (SSSR count). The maximum atomic E-state index is 11.3. The zero-order chi connectivity index (χ0) is 10.3. The summed E-state index contributed by atoms with van der Waals surface area (Å²) in [6.07, 6.45) is 0.789. The summed E-state index contributed by atoms with van der Waals surface area (Å²) in [4.78, 5) is 2.02. The Labute approximate surface area is 106 Å². The van der Waals surface area contributed by atoms with Gasteiger partial charge in [-0.3, -0.25) is 4.52 Å². The molecule has 0 spiro atoms. The van der Waals surface area contributed by atoms with E-state index in [0.717, 1.165) is 13.0 Å². The Morgan fingerprint density at radius 3 is 2.23 bits per heavy atom. The molecule has 0 fully saturated rings. The molecule has 0 saturated carbocycles. The molecule has 0 amide bonds. The molecule has 0 aliphatic carbocycles. The van der Waals surface area contributed by atoms with Gasteiger partial charge in [-0.05, 0) is 27.1 Å². The van der Waals surface area contributed by atoms with E-state index in [1.165, 1.54) is 46.0 Å². The standard InChI is InChI=1S/C5H12I2NO4P/c1-8(2)4-3-5-10-13(9,11-6)12-7/h3-5H2,1-2H3. The Morgan fingerprint density at radius 1 is 1.31 bits per heavy atom. The lowest BCUT2D eigenvalue weighted by Crippen LogP contribution is -2.14. The molecule has 0 radical (unpaired) electrons. The molecule has 0 atom stereocenters. The Kier molecular flexibility index (Phi) is 8.69. The van der Waals surface area contributed by atoms with Crippen LogP contribution in [0.25, 0.3) is 0 Å². The first-order valence-electron chi connectivity index (χ1n) is 3.54. The summed E-state index contributed by atoms with van der Waals surface area (Å²) in [5.74, 6) is 0. The van der Waals surface area contributed by atoms with E-state index in [-0.39, 0.29) is 0 Å². The molecule has 8 heteroatoms. The molecule has 0 aromatic heterocycles. The van der Waals surface area contributed by atoms with Crippen molar-refractivity contribution in [3.63, 3.8) is 0 Å². The highest BCUT2D eigenvalue weighted by atomic mass is 127. The third-order valence-electron chi connectivity index (χ3n) is 1.17. The monoisotopic (exact) mass is 435 g/mol. The van der Waals surface area contributed by atoms with Crippen molar-refractivity contribution >= 4 is 53.8 Å². The summed E-state index contributed by atoms with van der Waals surface area (Å²) in [6, 6.07) is 0. The normalized spacial score (nSPS) is 12.4. The van der Waals surface area contributed by atoms with Crippen LogP contribution < -0.4 is 0 Å². The lowest BCUT2D eigenvalue weighted by atomic mass is 10.4. The zero-order valence-electron chi connectivity index (χ0n) is 7.40. The predicted molar refractivity (Wildman–Crippen MR) is 66.9 cm³/mol. The molecule has 0 N–H and O–H groups in total. The van der Waals surface area contributed by atoms with Gasteiger partial charge in [-0.25, -0.2) is 10.3 Å². The van der Waals surface area contributed by atoms with Crippen molar-refractivity contribution in [2.24, 2.45) is 0 Å². The Balaban J connectivity index is 3.56. The number of nitrogens with zero attached hydrogens (tertiary/aromatic N) is 1. The second kappa shape index (κ2) is 7.77. The van der Waals surface area contributed by atoms with Gasteiger partial charge >= 0.3 is 7.82 Å². The van der Waals surface area contributed by atoms with E-state index in [1.54, 1.807) is 0 Å². The fourth-order valence-corrected chi connectivity index (χ4v) is 3.15. The summed E-state index contributed by atoms with van der Waals surface area (Å²) < 4.78 is 25.4. The fraction of sp³-hybridized carbons (Fsp3) is 1.00. The van der Waals surface area contributed by atoms with Crippen molar-refractivity contribution in [3.05, 3.63) is 0 Å². The molecule has 0 saturated heterocycles. The predicted octanol–water partition coefficient (Wildman–Crippen LogP) is 2.80. The van der Waals surface area contributed by atoms with Crippen molar-refractivity contribution in [2.75, 3.05) is 27.2 Å². The first kappa shape index (κ1) is 14.5. The lowest BCUT2D eigenvalue weighted by Gasteiger charge is -2.12. The van der Waals surface area contributed by atoms with Crippen LogP contribution in [0.1, 0.15) is 6.42 Å². The SMILES string of the molecule is CN(C)CCCOP(=O)(OI)OI.